The summed E-state index contributed by atoms with van der Waals surface area (Å²) >= 11 is 6.09. The molecule has 1 fully saturated rings. The molecule has 4 rings (SSSR count). The first kappa shape index (κ1) is 20.0. The number of piperidine rings is 1. The molecule has 0 radical (unpaired) electrons. The molecule has 1 aromatic carbocycles. The molecule has 152 valence electrons. The number of fused-ring (bicyclic) bond motifs is 1. The SMILES string of the molecule is CN(c1ccc(-c2ccc3ncc(Cl)cc3c2)nn1)C1CC(C)(C)NC(C)(C)C1. The molecular weight excluding hydrogens is 382 g/mol. The number of aromatic nitrogens is 3. The molecule has 1 N–H and O–H groups in total. The summed E-state index contributed by atoms with van der Waals surface area (Å²) in [6.45, 7) is 9.07. The van der Waals surface area contributed by atoms with Crippen LogP contribution >= 0.6 is 11.6 Å². The van der Waals surface area contributed by atoms with Gasteiger partial charge in [0, 0.05) is 41.3 Å². The van der Waals surface area contributed by atoms with Crippen LogP contribution in [0.5, 0.6) is 0 Å². The maximum atomic E-state index is 6.09. The molecule has 6 heteroatoms. The first-order valence-electron chi connectivity index (χ1n) is 10.0. The summed E-state index contributed by atoms with van der Waals surface area (Å²) in [5, 5.41) is 14.4. The van der Waals surface area contributed by atoms with E-state index in [4.69, 9.17) is 11.6 Å². The van der Waals surface area contributed by atoms with Crippen molar-refractivity contribution >= 4 is 28.3 Å². The number of pyridine rings is 1. The van der Waals surface area contributed by atoms with Crippen molar-refractivity contribution in [1.29, 1.82) is 0 Å². The Morgan fingerprint density at radius 1 is 1.00 bits per heavy atom. The summed E-state index contributed by atoms with van der Waals surface area (Å²) < 4.78 is 0. The first-order chi connectivity index (χ1) is 13.6. The van der Waals surface area contributed by atoms with E-state index < -0.39 is 0 Å². The van der Waals surface area contributed by atoms with Crippen molar-refractivity contribution in [1.82, 2.24) is 20.5 Å². The summed E-state index contributed by atoms with van der Waals surface area (Å²) in [7, 11) is 2.12. The molecule has 2 aromatic heterocycles. The van der Waals surface area contributed by atoms with E-state index in [-0.39, 0.29) is 11.1 Å². The predicted octanol–water partition coefficient (Wildman–Crippen LogP) is 5.09. The van der Waals surface area contributed by atoms with Gasteiger partial charge in [0.1, 0.15) is 0 Å². The Balaban J connectivity index is 1.57. The van der Waals surface area contributed by atoms with Gasteiger partial charge in [0.05, 0.1) is 16.2 Å². The average Bonchev–Trinajstić information content (AvgIpc) is 2.64. The molecule has 0 atom stereocenters. The number of nitrogens with zero attached hydrogens (tertiary/aromatic N) is 4. The van der Waals surface area contributed by atoms with Crippen LogP contribution in [0.4, 0.5) is 5.82 Å². The Morgan fingerprint density at radius 3 is 2.38 bits per heavy atom. The van der Waals surface area contributed by atoms with Crippen LogP contribution in [0, 0.1) is 0 Å². The van der Waals surface area contributed by atoms with E-state index >= 15 is 0 Å². The van der Waals surface area contributed by atoms with Crippen molar-refractivity contribution in [3.8, 4) is 11.3 Å². The second-order valence-corrected chi connectivity index (χ2v) is 9.84. The summed E-state index contributed by atoms with van der Waals surface area (Å²) in [5.74, 6) is 0.901. The summed E-state index contributed by atoms with van der Waals surface area (Å²) in [4.78, 5) is 6.62. The third-order valence-corrected chi connectivity index (χ3v) is 5.88. The predicted molar refractivity (Wildman–Crippen MR) is 120 cm³/mol. The largest absolute Gasteiger partial charge is 0.355 e. The normalized spacial score (nSPS) is 18.7. The molecule has 0 aliphatic carbocycles. The maximum absolute atomic E-state index is 6.09. The Hall–Kier alpha value is -2.24. The molecule has 0 spiro atoms. The van der Waals surface area contributed by atoms with Crippen LogP contribution in [0.3, 0.4) is 0 Å². The highest BCUT2D eigenvalue weighted by Gasteiger charge is 2.39. The summed E-state index contributed by atoms with van der Waals surface area (Å²) in [5.41, 5.74) is 2.95. The fourth-order valence-corrected chi connectivity index (χ4v) is 4.83. The van der Waals surface area contributed by atoms with Gasteiger partial charge in [-0.25, -0.2) is 0 Å². The van der Waals surface area contributed by atoms with Crippen LogP contribution < -0.4 is 10.2 Å². The molecule has 29 heavy (non-hydrogen) atoms. The zero-order valence-electron chi connectivity index (χ0n) is 17.7. The minimum absolute atomic E-state index is 0.0917. The maximum Gasteiger partial charge on any atom is 0.151 e. The number of hydrogen-bond acceptors (Lipinski definition) is 5. The van der Waals surface area contributed by atoms with E-state index in [2.05, 4.69) is 72.3 Å². The van der Waals surface area contributed by atoms with Crippen molar-refractivity contribution in [3.05, 3.63) is 47.6 Å². The summed E-state index contributed by atoms with van der Waals surface area (Å²) in [6.07, 6.45) is 3.79. The number of anilines is 1. The molecule has 0 unspecified atom stereocenters. The highest BCUT2D eigenvalue weighted by atomic mass is 35.5. The molecule has 1 aliphatic heterocycles. The molecule has 0 bridgehead atoms. The van der Waals surface area contributed by atoms with Crippen molar-refractivity contribution < 1.29 is 0 Å². The molecule has 1 saturated heterocycles. The Kier molecular flexibility index (Phi) is 4.99. The van der Waals surface area contributed by atoms with E-state index in [1.807, 2.05) is 24.3 Å². The van der Waals surface area contributed by atoms with E-state index in [1.54, 1.807) is 6.20 Å². The molecule has 3 heterocycles. The van der Waals surface area contributed by atoms with Crippen LogP contribution in [-0.4, -0.2) is 39.3 Å². The van der Waals surface area contributed by atoms with Crippen molar-refractivity contribution in [3.63, 3.8) is 0 Å². The molecule has 0 amide bonds. The van der Waals surface area contributed by atoms with Crippen molar-refractivity contribution in [2.24, 2.45) is 0 Å². The van der Waals surface area contributed by atoms with Crippen molar-refractivity contribution in [2.75, 3.05) is 11.9 Å². The smallest absolute Gasteiger partial charge is 0.151 e. The Morgan fingerprint density at radius 2 is 1.72 bits per heavy atom. The second kappa shape index (κ2) is 7.22. The highest BCUT2D eigenvalue weighted by Crippen LogP contribution is 2.33. The van der Waals surface area contributed by atoms with Gasteiger partial charge in [-0.05, 0) is 70.9 Å². The number of halogens is 1. The van der Waals surface area contributed by atoms with Gasteiger partial charge < -0.3 is 10.2 Å². The topological polar surface area (TPSA) is 53.9 Å². The molecule has 0 saturated carbocycles. The molecule has 1 aliphatic rings. The second-order valence-electron chi connectivity index (χ2n) is 9.40. The fraction of sp³-hybridized carbons (Fsp3) is 0.435. The fourth-order valence-electron chi connectivity index (χ4n) is 4.66. The zero-order chi connectivity index (χ0) is 20.8. The van der Waals surface area contributed by atoms with Gasteiger partial charge in [-0.1, -0.05) is 17.7 Å². The number of nitrogens with one attached hydrogen (secondary N) is 1. The van der Waals surface area contributed by atoms with E-state index in [0.717, 1.165) is 40.8 Å². The third kappa shape index (κ3) is 4.36. The Labute approximate surface area is 177 Å². The van der Waals surface area contributed by atoms with E-state index in [9.17, 15) is 0 Å². The van der Waals surface area contributed by atoms with Crippen LogP contribution in [0.15, 0.2) is 42.6 Å². The van der Waals surface area contributed by atoms with E-state index in [0.29, 0.717) is 11.1 Å². The number of benzene rings is 1. The van der Waals surface area contributed by atoms with Crippen molar-refractivity contribution in [2.45, 2.75) is 57.7 Å². The van der Waals surface area contributed by atoms with Crippen LogP contribution in [0.1, 0.15) is 40.5 Å². The van der Waals surface area contributed by atoms with E-state index in [1.165, 1.54) is 0 Å². The minimum Gasteiger partial charge on any atom is -0.355 e. The lowest BCUT2D eigenvalue weighted by Crippen LogP contribution is -2.62. The molecule has 3 aromatic rings. The van der Waals surface area contributed by atoms with Gasteiger partial charge in [0.25, 0.3) is 0 Å². The minimum atomic E-state index is 0.0917. The highest BCUT2D eigenvalue weighted by molar-refractivity contribution is 6.31. The van der Waals surface area contributed by atoms with Crippen LogP contribution in [0.25, 0.3) is 22.2 Å². The number of rotatable bonds is 3. The molecular formula is C23H28ClN5. The van der Waals surface area contributed by atoms with Crippen LogP contribution in [-0.2, 0) is 0 Å². The van der Waals surface area contributed by atoms with Gasteiger partial charge in [0.15, 0.2) is 5.82 Å². The lowest BCUT2D eigenvalue weighted by molar-refractivity contribution is 0.160. The monoisotopic (exact) mass is 409 g/mol. The van der Waals surface area contributed by atoms with Gasteiger partial charge in [-0.15, -0.1) is 10.2 Å². The lowest BCUT2D eigenvalue weighted by atomic mass is 9.79. The lowest BCUT2D eigenvalue weighted by Gasteiger charge is -2.49. The van der Waals surface area contributed by atoms with Gasteiger partial charge in [0.2, 0.25) is 0 Å². The quantitative estimate of drug-likeness (QED) is 0.652. The standard InChI is InChI=1S/C23H28ClN5/c1-22(2)12-18(13-23(3,4)28-22)29(5)21-9-8-20(26-27-21)15-6-7-19-16(10-15)11-17(24)14-25-19/h6-11,14,18,28H,12-13H2,1-5H3. The molecule has 5 nitrogen and oxygen atoms in total. The van der Waals surface area contributed by atoms with Gasteiger partial charge in [-0.3, -0.25) is 4.98 Å². The Bertz CT molecular complexity index is 1010. The summed E-state index contributed by atoms with van der Waals surface area (Å²) in [6, 6.07) is 12.5. The van der Waals surface area contributed by atoms with Gasteiger partial charge in [-0.2, -0.15) is 0 Å². The first-order valence-corrected chi connectivity index (χ1v) is 10.4. The zero-order valence-corrected chi connectivity index (χ0v) is 18.5. The number of hydrogen-bond donors (Lipinski definition) is 1. The van der Waals surface area contributed by atoms with Crippen LogP contribution in [0.2, 0.25) is 5.02 Å². The van der Waals surface area contributed by atoms with Gasteiger partial charge >= 0.3 is 0 Å². The third-order valence-electron chi connectivity index (χ3n) is 5.67. The average molecular weight is 410 g/mol.